The summed E-state index contributed by atoms with van der Waals surface area (Å²) >= 11 is 6.05. The molecule has 0 aliphatic carbocycles. The van der Waals surface area contributed by atoms with Crippen LogP contribution in [0.5, 0.6) is 5.75 Å². The van der Waals surface area contributed by atoms with Crippen LogP contribution in [0.25, 0.3) is 0 Å². The predicted molar refractivity (Wildman–Crippen MR) is 70.7 cm³/mol. The third-order valence-electron chi connectivity index (χ3n) is 2.39. The summed E-state index contributed by atoms with van der Waals surface area (Å²) in [5, 5.41) is -0.542. The number of hydrogen-bond acceptors (Lipinski definition) is 2. The molecule has 3 heteroatoms. The number of alkyl halides is 1. The summed E-state index contributed by atoms with van der Waals surface area (Å²) in [6.07, 6.45) is 0.458. The Hall–Kier alpha value is -1.02. The first-order valence-electron chi connectivity index (χ1n) is 5.94. The molecule has 0 aromatic heterocycles. The molecule has 1 aromatic carbocycles. The average Bonchev–Trinajstić information content (AvgIpc) is 2.35. The van der Waals surface area contributed by atoms with Crippen molar-refractivity contribution in [3.63, 3.8) is 0 Å². The minimum atomic E-state index is -0.542. The number of hydrogen-bond donors (Lipinski definition) is 0. The van der Waals surface area contributed by atoms with Gasteiger partial charge >= 0.3 is 0 Å². The zero-order valence-corrected chi connectivity index (χ0v) is 11.3. The van der Waals surface area contributed by atoms with Gasteiger partial charge in [0.2, 0.25) is 0 Å². The molecule has 1 atom stereocenters. The van der Waals surface area contributed by atoms with Crippen molar-refractivity contribution in [2.75, 3.05) is 6.61 Å². The lowest BCUT2D eigenvalue weighted by Crippen LogP contribution is -2.06. The normalized spacial score (nSPS) is 12.5. The highest BCUT2D eigenvalue weighted by Gasteiger charge is 2.15. The monoisotopic (exact) mass is 254 g/mol. The summed E-state index contributed by atoms with van der Waals surface area (Å²) in [5.74, 6) is 1.36. The summed E-state index contributed by atoms with van der Waals surface area (Å²) in [5.41, 5.74) is 0.829. The van der Waals surface area contributed by atoms with Gasteiger partial charge in [0, 0.05) is 6.42 Å². The minimum Gasteiger partial charge on any atom is -0.493 e. The molecule has 1 unspecified atom stereocenters. The fourth-order valence-electron chi connectivity index (χ4n) is 1.36. The van der Waals surface area contributed by atoms with E-state index in [1.54, 1.807) is 0 Å². The molecular formula is C14H19ClO2. The third kappa shape index (κ3) is 4.39. The van der Waals surface area contributed by atoms with Gasteiger partial charge in [0.1, 0.15) is 11.1 Å². The standard InChI is InChI=1S/C14H19ClO2/c1-4-13(16)14(15)11-5-7-12(8-6-11)17-9-10(2)3/h5-8,10,14H,4,9H2,1-3H3. The smallest absolute Gasteiger partial charge is 0.154 e. The lowest BCUT2D eigenvalue weighted by Gasteiger charge is -2.11. The van der Waals surface area contributed by atoms with Crippen molar-refractivity contribution < 1.29 is 9.53 Å². The largest absolute Gasteiger partial charge is 0.493 e. The predicted octanol–water partition coefficient (Wildman–Crippen LogP) is 3.98. The van der Waals surface area contributed by atoms with Gasteiger partial charge in [-0.2, -0.15) is 0 Å². The van der Waals surface area contributed by atoms with Crippen LogP contribution in [0.15, 0.2) is 24.3 Å². The molecule has 0 aliphatic heterocycles. The summed E-state index contributed by atoms with van der Waals surface area (Å²) < 4.78 is 5.56. The first kappa shape index (κ1) is 14.0. The number of carbonyl (C=O) groups is 1. The lowest BCUT2D eigenvalue weighted by molar-refractivity contribution is -0.118. The van der Waals surface area contributed by atoms with Crippen molar-refractivity contribution in [1.29, 1.82) is 0 Å². The number of halogens is 1. The third-order valence-corrected chi connectivity index (χ3v) is 2.88. The van der Waals surface area contributed by atoms with Gasteiger partial charge in [-0.15, -0.1) is 11.6 Å². The zero-order chi connectivity index (χ0) is 12.8. The van der Waals surface area contributed by atoms with Crippen LogP contribution in [0.2, 0.25) is 0 Å². The zero-order valence-electron chi connectivity index (χ0n) is 10.6. The topological polar surface area (TPSA) is 26.3 Å². The maximum atomic E-state index is 11.4. The van der Waals surface area contributed by atoms with Crippen LogP contribution in [0.1, 0.15) is 38.1 Å². The van der Waals surface area contributed by atoms with Crippen molar-refractivity contribution in [3.8, 4) is 5.75 Å². The van der Waals surface area contributed by atoms with Gasteiger partial charge in [0.05, 0.1) is 6.61 Å². The van der Waals surface area contributed by atoms with Gasteiger partial charge in [-0.05, 0) is 23.6 Å². The molecular weight excluding hydrogens is 236 g/mol. The Bertz CT molecular complexity index is 357. The van der Waals surface area contributed by atoms with Gasteiger partial charge in [-0.1, -0.05) is 32.9 Å². The number of ether oxygens (including phenoxy) is 1. The molecule has 0 bridgehead atoms. The fraction of sp³-hybridized carbons (Fsp3) is 0.500. The Kier molecular flexibility index (Phi) is 5.49. The van der Waals surface area contributed by atoms with E-state index in [0.717, 1.165) is 11.3 Å². The summed E-state index contributed by atoms with van der Waals surface area (Å²) in [4.78, 5) is 11.4. The van der Waals surface area contributed by atoms with E-state index in [-0.39, 0.29) is 5.78 Å². The van der Waals surface area contributed by atoms with Crippen molar-refractivity contribution >= 4 is 17.4 Å². The van der Waals surface area contributed by atoms with Crippen molar-refractivity contribution in [2.24, 2.45) is 5.92 Å². The maximum absolute atomic E-state index is 11.4. The fourth-order valence-corrected chi connectivity index (χ4v) is 1.66. The number of ketones is 1. The number of rotatable bonds is 6. The molecule has 0 saturated heterocycles. The van der Waals surface area contributed by atoms with Gasteiger partial charge in [0.15, 0.2) is 5.78 Å². The van der Waals surface area contributed by atoms with E-state index >= 15 is 0 Å². The Morgan fingerprint density at radius 2 is 1.88 bits per heavy atom. The van der Waals surface area contributed by atoms with E-state index in [4.69, 9.17) is 16.3 Å². The van der Waals surface area contributed by atoms with Crippen LogP contribution in [0.4, 0.5) is 0 Å². The quantitative estimate of drug-likeness (QED) is 0.718. The molecule has 0 spiro atoms. The van der Waals surface area contributed by atoms with E-state index in [0.29, 0.717) is 18.9 Å². The van der Waals surface area contributed by atoms with Crippen LogP contribution in [0.3, 0.4) is 0 Å². The summed E-state index contributed by atoms with van der Waals surface area (Å²) in [6, 6.07) is 7.41. The Labute approximate surface area is 108 Å². The number of benzene rings is 1. The maximum Gasteiger partial charge on any atom is 0.154 e. The lowest BCUT2D eigenvalue weighted by atomic mass is 10.1. The second-order valence-electron chi connectivity index (χ2n) is 4.46. The molecule has 1 rings (SSSR count). The molecule has 0 fully saturated rings. The Morgan fingerprint density at radius 1 is 1.29 bits per heavy atom. The van der Waals surface area contributed by atoms with E-state index in [1.807, 2.05) is 31.2 Å². The highest BCUT2D eigenvalue weighted by atomic mass is 35.5. The molecule has 0 heterocycles. The molecule has 1 aromatic rings. The van der Waals surface area contributed by atoms with Crippen LogP contribution < -0.4 is 4.74 Å². The number of Topliss-reactive ketones (excluding diaryl/α,β-unsaturated/α-hetero) is 1. The van der Waals surface area contributed by atoms with E-state index < -0.39 is 5.38 Å². The highest BCUT2D eigenvalue weighted by Crippen LogP contribution is 2.24. The molecule has 0 amide bonds. The highest BCUT2D eigenvalue weighted by molar-refractivity contribution is 6.31. The van der Waals surface area contributed by atoms with Gasteiger partial charge in [0.25, 0.3) is 0 Å². The number of carbonyl (C=O) groups excluding carboxylic acids is 1. The molecule has 0 aliphatic rings. The van der Waals surface area contributed by atoms with Crippen LogP contribution >= 0.6 is 11.6 Å². The van der Waals surface area contributed by atoms with Crippen LogP contribution in [-0.2, 0) is 4.79 Å². The first-order valence-corrected chi connectivity index (χ1v) is 6.37. The SMILES string of the molecule is CCC(=O)C(Cl)c1ccc(OCC(C)C)cc1. The molecule has 0 radical (unpaired) electrons. The Balaban J connectivity index is 2.64. The van der Waals surface area contributed by atoms with Gasteiger partial charge in [-0.3, -0.25) is 4.79 Å². The average molecular weight is 255 g/mol. The van der Waals surface area contributed by atoms with Crippen LogP contribution in [-0.4, -0.2) is 12.4 Å². The van der Waals surface area contributed by atoms with Crippen molar-refractivity contribution in [2.45, 2.75) is 32.6 Å². The van der Waals surface area contributed by atoms with Gasteiger partial charge < -0.3 is 4.74 Å². The minimum absolute atomic E-state index is 0.0440. The first-order chi connectivity index (χ1) is 8.04. The van der Waals surface area contributed by atoms with E-state index in [1.165, 1.54) is 0 Å². The molecule has 0 saturated carbocycles. The second kappa shape index (κ2) is 6.65. The van der Waals surface area contributed by atoms with Crippen molar-refractivity contribution in [1.82, 2.24) is 0 Å². The van der Waals surface area contributed by atoms with E-state index in [2.05, 4.69) is 13.8 Å². The van der Waals surface area contributed by atoms with Gasteiger partial charge in [-0.25, -0.2) is 0 Å². The van der Waals surface area contributed by atoms with Crippen molar-refractivity contribution in [3.05, 3.63) is 29.8 Å². The molecule has 17 heavy (non-hydrogen) atoms. The molecule has 2 nitrogen and oxygen atoms in total. The second-order valence-corrected chi connectivity index (χ2v) is 4.89. The summed E-state index contributed by atoms with van der Waals surface area (Å²) in [6.45, 7) is 6.71. The molecule has 94 valence electrons. The Morgan fingerprint density at radius 3 is 2.35 bits per heavy atom. The van der Waals surface area contributed by atoms with Crippen LogP contribution in [0, 0.1) is 5.92 Å². The summed E-state index contributed by atoms with van der Waals surface area (Å²) in [7, 11) is 0. The van der Waals surface area contributed by atoms with E-state index in [9.17, 15) is 4.79 Å². The molecule has 0 N–H and O–H groups in total.